The lowest BCUT2D eigenvalue weighted by Gasteiger charge is -2.13. The van der Waals surface area contributed by atoms with E-state index in [9.17, 15) is 4.79 Å². The molecule has 0 fully saturated rings. The van der Waals surface area contributed by atoms with Crippen LogP contribution < -0.4 is 10.1 Å². The standard InChI is InChI=1S/C22H28N4O2S/c1-3-15-26-21(18-11-7-8-12-19(18)28-2)24-25-22(26)29-16-20(27)23-14-13-17-9-5-4-6-10-17/h3,7-9,11-12H,1,4-6,10,13-16H2,2H3,(H,23,27). The van der Waals surface area contributed by atoms with Crippen molar-refractivity contribution in [3.63, 3.8) is 0 Å². The van der Waals surface area contributed by atoms with Crippen LogP contribution in [0.1, 0.15) is 32.1 Å². The number of aromatic nitrogens is 3. The molecule has 154 valence electrons. The third-order valence-electron chi connectivity index (χ3n) is 4.86. The predicted molar refractivity (Wildman–Crippen MR) is 117 cm³/mol. The minimum absolute atomic E-state index is 0.0124. The molecular weight excluding hydrogens is 384 g/mol. The Hall–Kier alpha value is -2.54. The monoisotopic (exact) mass is 412 g/mol. The second-order valence-corrected chi connectivity index (χ2v) is 7.85. The van der Waals surface area contributed by atoms with Gasteiger partial charge in [0.15, 0.2) is 11.0 Å². The lowest BCUT2D eigenvalue weighted by Crippen LogP contribution is -2.26. The molecule has 0 saturated carbocycles. The molecule has 29 heavy (non-hydrogen) atoms. The van der Waals surface area contributed by atoms with Crippen molar-refractivity contribution < 1.29 is 9.53 Å². The summed E-state index contributed by atoms with van der Waals surface area (Å²) in [6, 6.07) is 7.69. The molecule has 0 unspecified atom stereocenters. The molecule has 3 rings (SSSR count). The van der Waals surface area contributed by atoms with E-state index in [0.717, 1.165) is 17.7 Å². The molecular formula is C22H28N4O2S. The Balaban J connectivity index is 1.60. The maximum atomic E-state index is 12.3. The third-order valence-corrected chi connectivity index (χ3v) is 5.83. The Morgan fingerprint density at radius 1 is 1.34 bits per heavy atom. The fraction of sp³-hybridized carbons (Fsp3) is 0.409. The van der Waals surface area contributed by atoms with Crippen molar-refractivity contribution in [1.82, 2.24) is 20.1 Å². The number of benzene rings is 1. The summed E-state index contributed by atoms with van der Waals surface area (Å²) in [7, 11) is 1.64. The minimum atomic E-state index is 0.0124. The van der Waals surface area contributed by atoms with Gasteiger partial charge in [0.25, 0.3) is 0 Å². The Bertz CT molecular complexity index is 875. The van der Waals surface area contributed by atoms with E-state index in [2.05, 4.69) is 28.2 Å². The van der Waals surface area contributed by atoms with E-state index in [4.69, 9.17) is 4.74 Å². The van der Waals surface area contributed by atoms with Gasteiger partial charge in [0, 0.05) is 13.1 Å². The molecule has 0 atom stereocenters. The molecule has 1 aliphatic rings. The third kappa shape index (κ3) is 5.73. The number of hydrogen-bond donors (Lipinski definition) is 1. The number of carbonyl (C=O) groups is 1. The number of para-hydroxylation sites is 1. The number of amides is 1. The van der Waals surface area contributed by atoms with Gasteiger partial charge in [0.05, 0.1) is 18.4 Å². The Kier molecular flexibility index (Phi) is 7.93. The Morgan fingerprint density at radius 3 is 2.97 bits per heavy atom. The molecule has 1 aromatic carbocycles. The van der Waals surface area contributed by atoms with Crippen LogP contribution in [0.15, 0.2) is 53.7 Å². The van der Waals surface area contributed by atoms with Gasteiger partial charge in [-0.3, -0.25) is 9.36 Å². The highest BCUT2D eigenvalue weighted by Gasteiger charge is 2.17. The van der Waals surface area contributed by atoms with Crippen LogP contribution in [0.2, 0.25) is 0 Å². The van der Waals surface area contributed by atoms with Gasteiger partial charge < -0.3 is 10.1 Å². The van der Waals surface area contributed by atoms with Crippen LogP contribution in [0.25, 0.3) is 11.4 Å². The first-order valence-corrected chi connectivity index (χ1v) is 11.0. The van der Waals surface area contributed by atoms with Crippen LogP contribution in [-0.4, -0.2) is 40.1 Å². The Labute approximate surface area is 176 Å². The van der Waals surface area contributed by atoms with Gasteiger partial charge in [0.1, 0.15) is 5.75 Å². The van der Waals surface area contributed by atoms with Gasteiger partial charge in [0.2, 0.25) is 5.91 Å². The molecule has 1 N–H and O–H groups in total. The number of thioether (sulfide) groups is 1. The maximum Gasteiger partial charge on any atom is 0.230 e. The second kappa shape index (κ2) is 10.9. The summed E-state index contributed by atoms with van der Waals surface area (Å²) in [5, 5.41) is 12.3. The molecule has 1 heterocycles. The van der Waals surface area contributed by atoms with Crippen molar-refractivity contribution in [2.45, 2.75) is 43.8 Å². The normalized spacial score (nSPS) is 13.6. The van der Waals surface area contributed by atoms with Crippen LogP contribution in [-0.2, 0) is 11.3 Å². The van der Waals surface area contributed by atoms with Gasteiger partial charge in [-0.2, -0.15) is 0 Å². The van der Waals surface area contributed by atoms with Crippen LogP contribution in [0, 0.1) is 0 Å². The fourth-order valence-corrected chi connectivity index (χ4v) is 4.17. The van der Waals surface area contributed by atoms with Crippen molar-refractivity contribution >= 4 is 17.7 Å². The molecule has 1 amide bonds. The summed E-state index contributed by atoms with van der Waals surface area (Å²) in [5.41, 5.74) is 2.33. The first-order valence-electron chi connectivity index (χ1n) is 9.97. The zero-order valence-electron chi connectivity index (χ0n) is 16.9. The molecule has 7 heteroatoms. The molecule has 0 spiro atoms. The lowest BCUT2D eigenvalue weighted by molar-refractivity contribution is -0.118. The molecule has 0 radical (unpaired) electrons. The van der Waals surface area contributed by atoms with E-state index in [0.29, 0.717) is 29.8 Å². The molecule has 0 bridgehead atoms. The highest BCUT2D eigenvalue weighted by molar-refractivity contribution is 7.99. The van der Waals surface area contributed by atoms with E-state index >= 15 is 0 Å². The SMILES string of the molecule is C=CCn1c(SCC(=O)NCCC2=CCCCC2)nnc1-c1ccccc1OC. The number of ether oxygens (including phenoxy) is 1. The van der Waals surface area contributed by atoms with Crippen molar-refractivity contribution in [3.05, 3.63) is 48.6 Å². The zero-order chi connectivity index (χ0) is 20.5. The van der Waals surface area contributed by atoms with E-state index in [1.54, 1.807) is 13.2 Å². The molecule has 0 aliphatic heterocycles. The summed E-state index contributed by atoms with van der Waals surface area (Å²) in [6.07, 6.45) is 9.96. The van der Waals surface area contributed by atoms with Gasteiger partial charge in [-0.25, -0.2) is 0 Å². The minimum Gasteiger partial charge on any atom is -0.496 e. The number of methoxy groups -OCH3 is 1. The zero-order valence-corrected chi connectivity index (χ0v) is 17.7. The van der Waals surface area contributed by atoms with E-state index < -0.39 is 0 Å². The fourth-order valence-electron chi connectivity index (χ4n) is 3.39. The van der Waals surface area contributed by atoms with E-state index in [1.165, 1.54) is 43.0 Å². The van der Waals surface area contributed by atoms with Gasteiger partial charge >= 0.3 is 0 Å². The second-order valence-electron chi connectivity index (χ2n) is 6.90. The average Bonchev–Trinajstić information content (AvgIpc) is 3.15. The molecule has 1 aliphatic carbocycles. The maximum absolute atomic E-state index is 12.3. The number of nitrogens with zero attached hydrogens (tertiary/aromatic N) is 3. The van der Waals surface area contributed by atoms with Crippen molar-refractivity contribution in [2.75, 3.05) is 19.4 Å². The first-order chi connectivity index (χ1) is 14.2. The predicted octanol–water partition coefficient (Wildman–Crippen LogP) is 4.24. The smallest absolute Gasteiger partial charge is 0.230 e. The number of rotatable bonds is 10. The van der Waals surface area contributed by atoms with Gasteiger partial charge in [-0.1, -0.05) is 41.6 Å². The largest absolute Gasteiger partial charge is 0.496 e. The van der Waals surface area contributed by atoms with Crippen molar-refractivity contribution in [2.24, 2.45) is 0 Å². The van der Waals surface area contributed by atoms with Crippen LogP contribution >= 0.6 is 11.8 Å². The quantitative estimate of drug-likeness (QED) is 0.467. The average molecular weight is 413 g/mol. The molecule has 6 nitrogen and oxygen atoms in total. The number of allylic oxidation sites excluding steroid dienone is 2. The topological polar surface area (TPSA) is 69.0 Å². The number of nitrogens with one attached hydrogen (secondary N) is 1. The summed E-state index contributed by atoms with van der Waals surface area (Å²) in [6.45, 7) is 5.08. The van der Waals surface area contributed by atoms with Crippen molar-refractivity contribution in [1.29, 1.82) is 0 Å². The molecule has 2 aromatic rings. The number of hydrogen-bond acceptors (Lipinski definition) is 5. The summed E-state index contributed by atoms with van der Waals surface area (Å²) in [4.78, 5) is 12.3. The van der Waals surface area contributed by atoms with Crippen LogP contribution in [0.5, 0.6) is 5.75 Å². The molecule has 1 aromatic heterocycles. The Morgan fingerprint density at radius 2 is 2.21 bits per heavy atom. The number of carbonyl (C=O) groups excluding carboxylic acids is 1. The van der Waals surface area contributed by atoms with Gasteiger partial charge in [-0.15, -0.1) is 16.8 Å². The summed E-state index contributed by atoms with van der Waals surface area (Å²) >= 11 is 1.38. The van der Waals surface area contributed by atoms with Gasteiger partial charge in [-0.05, 0) is 44.2 Å². The van der Waals surface area contributed by atoms with E-state index in [-0.39, 0.29) is 5.91 Å². The summed E-state index contributed by atoms with van der Waals surface area (Å²) in [5.74, 6) is 1.75. The highest BCUT2D eigenvalue weighted by atomic mass is 32.2. The first kappa shape index (κ1) is 21.2. The highest BCUT2D eigenvalue weighted by Crippen LogP contribution is 2.30. The van der Waals surface area contributed by atoms with Crippen LogP contribution in [0.4, 0.5) is 0 Å². The van der Waals surface area contributed by atoms with Crippen LogP contribution in [0.3, 0.4) is 0 Å². The van der Waals surface area contributed by atoms with E-state index in [1.807, 2.05) is 28.8 Å². The molecule has 0 saturated heterocycles. The summed E-state index contributed by atoms with van der Waals surface area (Å²) < 4.78 is 7.41. The van der Waals surface area contributed by atoms with Crippen molar-refractivity contribution in [3.8, 4) is 17.1 Å². The lowest BCUT2D eigenvalue weighted by atomic mass is 9.97.